The third-order valence-electron chi connectivity index (χ3n) is 2.32. The molecule has 0 atom stereocenters. The summed E-state index contributed by atoms with van der Waals surface area (Å²) >= 11 is 0. The molecule has 0 aliphatic carbocycles. The first-order valence-corrected chi connectivity index (χ1v) is 4.81. The molecule has 1 heterocycles. The third kappa shape index (κ3) is 2.94. The van der Waals surface area contributed by atoms with Crippen LogP contribution in [-0.2, 0) is 4.79 Å². The highest BCUT2D eigenvalue weighted by Crippen LogP contribution is 2.18. The zero-order valence-electron chi connectivity index (χ0n) is 9.24. The second kappa shape index (κ2) is 4.29. The Balaban J connectivity index is 2.66. The van der Waals surface area contributed by atoms with Gasteiger partial charge in [-0.25, -0.2) is 0 Å². The Labute approximate surface area is 89.3 Å². The molecule has 0 aliphatic rings. The van der Waals surface area contributed by atoms with Crippen molar-refractivity contribution in [2.24, 2.45) is 5.41 Å². The van der Waals surface area contributed by atoms with Gasteiger partial charge >= 0.3 is 5.97 Å². The number of carbonyl (C=O) groups is 1. The number of nitrogens with one attached hydrogen (secondary N) is 1. The molecule has 2 N–H and O–H groups in total. The number of anilines is 1. The molecule has 0 radical (unpaired) electrons. The van der Waals surface area contributed by atoms with Crippen LogP contribution in [-0.4, -0.2) is 22.6 Å². The predicted molar refractivity (Wildman–Crippen MR) is 58.9 cm³/mol. The van der Waals surface area contributed by atoms with Gasteiger partial charge in [0.2, 0.25) is 0 Å². The van der Waals surface area contributed by atoms with Gasteiger partial charge in [-0.1, -0.05) is 0 Å². The van der Waals surface area contributed by atoms with Crippen molar-refractivity contribution in [2.45, 2.75) is 20.8 Å². The van der Waals surface area contributed by atoms with Crippen molar-refractivity contribution >= 4 is 11.7 Å². The van der Waals surface area contributed by atoms with Gasteiger partial charge in [0, 0.05) is 24.6 Å². The van der Waals surface area contributed by atoms with Crippen LogP contribution in [0.3, 0.4) is 0 Å². The number of nitrogens with zero attached hydrogens (tertiary/aromatic N) is 1. The van der Waals surface area contributed by atoms with E-state index in [1.54, 1.807) is 26.2 Å². The number of carboxylic acids is 1. The van der Waals surface area contributed by atoms with E-state index in [1.165, 1.54) is 0 Å². The number of hydrogen-bond acceptors (Lipinski definition) is 3. The van der Waals surface area contributed by atoms with Gasteiger partial charge in [-0.2, -0.15) is 0 Å². The van der Waals surface area contributed by atoms with Crippen molar-refractivity contribution in [2.75, 3.05) is 11.9 Å². The Bertz CT molecular complexity index is 361. The van der Waals surface area contributed by atoms with Crippen molar-refractivity contribution in [3.05, 3.63) is 24.0 Å². The Morgan fingerprint density at radius 2 is 2.27 bits per heavy atom. The maximum atomic E-state index is 10.9. The Morgan fingerprint density at radius 3 is 2.80 bits per heavy atom. The molecule has 0 bridgehead atoms. The van der Waals surface area contributed by atoms with E-state index in [2.05, 4.69) is 10.3 Å². The predicted octanol–water partition coefficient (Wildman–Crippen LogP) is 1.91. The van der Waals surface area contributed by atoms with E-state index >= 15 is 0 Å². The van der Waals surface area contributed by atoms with E-state index in [4.69, 9.17) is 5.11 Å². The summed E-state index contributed by atoms with van der Waals surface area (Å²) in [5.74, 6) is -0.804. The molecule has 0 spiro atoms. The fraction of sp³-hybridized carbons (Fsp3) is 0.455. The molecule has 1 aromatic heterocycles. The van der Waals surface area contributed by atoms with Crippen LogP contribution in [0.1, 0.15) is 19.4 Å². The molecule has 0 fully saturated rings. The molecule has 4 heteroatoms. The van der Waals surface area contributed by atoms with Gasteiger partial charge in [0.15, 0.2) is 0 Å². The average molecular weight is 208 g/mol. The number of aryl methyl sites for hydroxylation is 1. The number of hydrogen-bond donors (Lipinski definition) is 2. The van der Waals surface area contributed by atoms with Crippen molar-refractivity contribution in [3.63, 3.8) is 0 Å². The first-order chi connectivity index (χ1) is 6.93. The second-order valence-corrected chi connectivity index (χ2v) is 4.23. The minimum absolute atomic E-state index is 0.396. The molecule has 1 aromatic rings. The van der Waals surface area contributed by atoms with Crippen molar-refractivity contribution in [1.29, 1.82) is 0 Å². The number of aliphatic carboxylic acids is 1. The lowest BCUT2D eigenvalue weighted by molar-refractivity contribution is -0.146. The molecule has 0 aromatic carbocycles. The minimum atomic E-state index is -0.804. The first kappa shape index (κ1) is 11.5. The van der Waals surface area contributed by atoms with Crippen LogP contribution in [0.4, 0.5) is 5.69 Å². The lowest BCUT2D eigenvalue weighted by Crippen LogP contribution is -2.31. The third-order valence-corrected chi connectivity index (χ3v) is 2.32. The van der Waals surface area contributed by atoms with Crippen LogP contribution < -0.4 is 5.32 Å². The standard InChI is InChI=1S/C11H16N2O2/c1-8-6-12-5-4-9(8)13-7-11(2,3)10(14)15/h4-6H,7H2,1-3H3,(H,12,13)(H,14,15). The monoisotopic (exact) mass is 208 g/mol. The summed E-state index contributed by atoms with van der Waals surface area (Å²) in [6, 6.07) is 1.84. The topological polar surface area (TPSA) is 62.2 Å². The van der Waals surface area contributed by atoms with Gasteiger partial charge in [0.1, 0.15) is 0 Å². The molecular formula is C11H16N2O2. The summed E-state index contributed by atoms with van der Waals surface area (Å²) in [6.07, 6.45) is 3.43. The molecule has 0 aliphatic heterocycles. The maximum Gasteiger partial charge on any atom is 0.310 e. The molecule has 0 amide bonds. The van der Waals surface area contributed by atoms with Crippen LogP contribution in [0.25, 0.3) is 0 Å². The van der Waals surface area contributed by atoms with Gasteiger partial charge in [-0.3, -0.25) is 9.78 Å². The molecule has 0 saturated heterocycles. The number of rotatable bonds is 4. The highest BCUT2D eigenvalue weighted by Gasteiger charge is 2.26. The quantitative estimate of drug-likeness (QED) is 0.793. The van der Waals surface area contributed by atoms with Crippen LogP contribution in [0.2, 0.25) is 0 Å². The summed E-state index contributed by atoms with van der Waals surface area (Å²) < 4.78 is 0. The number of aromatic nitrogens is 1. The van der Waals surface area contributed by atoms with Crippen molar-refractivity contribution in [3.8, 4) is 0 Å². The van der Waals surface area contributed by atoms with E-state index in [9.17, 15) is 4.79 Å². The highest BCUT2D eigenvalue weighted by molar-refractivity contribution is 5.74. The Kier molecular flexibility index (Phi) is 3.29. The van der Waals surface area contributed by atoms with Gasteiger partial charge in [0.05, 0.1) is 5.41 Å². The lowest BCUT2D eigenvalue weighted by Gasteiger charge is -2.20. The second-order valence-electron chi connectivity index (χ2n) is 4.23. The summed E-state index contributed by atoms with van der Waals surface area (Å²) in [5, 5.41) is 12.0. The van der Waals surface area contributed by atoms with Crippen LogP contribution in [0.15, 0.2) is 18.5 Å². The van der Waals surface area contributed by atoms with Crippen molar-refractivity contribution < 1.29 is 9.90 Å². The fourth-order valence-electron chi connectivity index (χ4n) is 1.06. The van der Waals surface area contributed by atoms with E-state index in [0.29, 0.717) is 6.54 Å². The van der Waals surface area contributed by atoms with Crippen LogP contribution in [0, 0.1) is 12.3 Å². The van der Waals surface area contributed by atoms with Gasteiger partial charge in [-0.05, 0) is 32.4 Å². The largest absolute Gasteiger partial charge is 0.481 e. The molecule has 82 valence electrons. The van der Waals surface area contributed by atoms with E-state index in [0.717, 1.165) is 11.3 Å². The SMILES string of the molecule is Cc1cnccc1NCC(C)(C)C(=O)O. The number of carboxylic acid groups (broad SMARTS) is 1. The van der Waals surface area contributed by atoms with E-state index in [1.807, 2.05) is 13.0 Å². The summed E-state index contributed by atoms with van der Waals surface area (Å²) in [7, 11) is 0. The zero-order chi connectivity index (χ0) is 11.5. The van der Waals surface area contributed by atoms with Gasteiger partial charge < -0.3 is 10.4 Å². The van der Waals surface area contributed by atoms with E-state index in [-0.39, 0.29) is 0 Å². The van der Waals surface area contributed by atoms with Gasteiger partial charge in [0.25, 0.3) is 0 Å². The number of pyridine rings is 1. The summed E-state index contributed by atoms with van der Waals surface area (Å²) in [6.45, 7) is 5.72. The highest BCUT2D eigenvalue weighted by atomic mass is 16.4. The molecule has 4 nitrogen and oxygen atoms in total. The van der Waals surface area contributed by atoms with Crippen molar-refractivity contribution in [1.82, 2.24) is 4.98 Å². The first-order valence-electron chi connectivity index (χ1n) is 4.81. The van der Waals surface area contributed by atoms with Gasteiger partial charge in [-0.15, -0.1) is 0 Å². The molecule has 15 heavy (non-hydrogen) atoms. The lowest BCUT2D eigenvalue weighted by atomic mass is 9.94. The van der Waals surface area contributed by atoms with Crippen LogP contribution >= 0.6 is 0 Å². The smallest absolute Gasteiger partial charge is 0.310 e. The summed E-state index contributed by atoms with van der Waals surface area (Å²) in [4.78, 5) is 14.8. The Hall–Kier alpha value is -1.58. The molecular weight excluding hydrogens is 192 g/mol. The maximum absolute atomic E-state index is 10.9. The average Bonchev–Trinajstić information content (AvgIpc) is 2.16. The summed E-state index contributed by atoms with van der Waals surface area (Å²) in [5.41, 5.74) is 1.17. The molecule has 0 unspecified atom stereocenters. The molecule has 1 rings (SSSR count). The normalized spacial score (nSPS) is 11.1. The Morgan fingerprint density at radius 1 is 1.60 bits per heavy atom. The van der Waals surface area contributed by atoms with Crippen LogP contribution in [0.5, 0.6) is 0 Å². The minimum Gasteiger partial charge on any atom is -0.481 e. The zero-order valence-corrected chi connectivity index (χ0v) is 9.24. The molecule has 0 saturated carbocycles. The van der Waals surface area contributed by atoms with E-state index < -0.39 is 11.4 Å². The fourth-order valence-corrected chi connectivity index (χ4v) is 1.06.